The number of unbranched alkanes of at least 4 members (excludes halogenated alkanes) is 26. The molecule has 2 aliphatic rings. The highest BCUT2D eigenvalue weighted by molar-refractivity contribution is 5.84. The van der Waals surface area contributed by atoms with E-state index in [0.29, 0.717) is 38.6 Å². The lowest BCUT2D eigenvalue weighted by atomic mass is 9.86. The van der Waals surface area contributed by atoms with E-state index in [0.717, 1.165) is 32.1 Å². The first-order chi connectivity index (χ1) is 26.4. The lowest BCUT2D eigenvalue weighted by molar-refractivity contribution is -0.128. The molecular formula is C46H86N4O4. The number of carbonyl (C=O) groups is 4. The van der Waals surface area contributed by atoms with Crippen LogP contribution in [0.2, 0.25) is 0 Å². The van der Waals surface area contributed by atoms with Gasteiger partial charge in [-0.15, -0.1) is 0 Å². The summed E-state index contributed by atoms with van der Waals surface area (Å²) in [5.74, 6) is -0.719. The fourth-order valence-electron chi connectivity index (χ4n) is 8.61. The summed E-state index contributed by atoms with van der Waals surface area (Å²) in [6, 6.07) is -0.894. The van der Waals surface area contributed by atoms with E-state index in [1.54, 1.807) is 0 Å². The second-order valence-corrected chi connectivity index (χ2v) is 17.0. The summed E-state index contributed by atoms with van der Waals surface area (Å²) in [7, 11) is 0. The van der Waals surface area contributed by atoms with Gasteiger partial charge in [-0.1, -0.05) is 181 Å². The molecule has 0 aliphatic carbocycles. The van der Waals surface area contributed by atoms with Crippen LogP contribution in [0, 0.1) is 5.92 Å². The van der Waals surface area contributed by atoms with Crippen LogP contribution in [0.5, 0.6) is 0 Å². The van der Waals surface area contributed by atoms with Gasteiger partial charge in [-0.05, 0) is 38.5 Å². The van der Waals surface area contributed by atoms with Crippen molar-refractivity contribution in [2.45, 2.75) is 257 Å². The zero-order valence-corrected chi connectivity index (χ0v) is 35.4. The van der Waals surface area contributed by atoms with Gasteiger partial charge in [0, 0.05) is 43.9 Å². The molecule has 4 amide bonds. The van der Waals surface area contributed by atoms with Gasteiger partial charge >= 0.3 is 0 Å². The van der Waals surface area contributed by atoms with Crippen molar-refractivity contribution >= 4 is 23.6 Å². The maximum absolute atomic E-state index is 13.3. The molecule has 2 saturated heterocycles. The Balaban J connectivity index is 1.60. The highest BCUT2D eigenvalue weighted by atomic mass is 16.2. The molecule has 0 aromatic carbocycles. The van der Waals surface area contributed by atoms with Crippen molar-refractivity contribution in [3.63, 3.8) is 0 Å². The molecular weight excluding hydrogens is 673 g/mol. The van der Waals surface area contributed by atoms with Crippen LogP contribution in [-0.2, 0) is 19.2 Å². The van der Waals surface area contributed by atoms with E-state index in [1.807, 2.05) is 0 Å². The predicted molar refractivity (Wildman–Crippen MR) is 225 cm³/mol. The van der Waals surface area contributed by atoms with Crippen molar-refractivity contribution < 1.29 is 19.2 Å². The van der Waals surface area contributed by atoms with Crippen LogP contribution < -0.4 is 21.3 Å². The average Bonchev–Trinajstić information content (AvgIpc) is 3.45. The minimum atomic E-state index is -0.512. The summed E-state index contributed by atoms with van der Waals surface area (Å²) in [4.78, 5) is 52.2. The third-order valence-electron chi connectivity index (χ3n) is 12.0. The zero-order valence-electron chi connectivity index (χ0n) is 35.4. The van der Waals surface area contributed by atoms with E-state index in [1.165, 1.54) is 154 Å². The summed E-state index contributed by atoms with van der Waals surface area (Å²) >= 11 is 0. The molecule has 0 aromatic heterocycles. The first kappa shape index (κ1) is 48.0. The molecule has 0 bridgehead atoms. The first-order valence-electron chi connectivity index (χ1n) is 23.6. The first-order valence-corrected chi connectivity index (χ1v) is 23.6. The second-order valence-electron chi connectivity index (χ2n) is 17.0. The SMILES string of the molecule is CCCCCCCCCCCCCCCCCC(=O)NC1CC[C@H](C2C(=O)NCCC[C@@H]2NC(=O)CCCCCCCCCCCCCCC)NC(=O)C1. The molecule has 2 aliphatic heterocycles. The molecule has 54 heavy (non-hydrogen) atoms. The van der Waals surface area contributed by atoms with Gasteiger partial charge < -0.3 is 21.3 Å². The van der Waals surface area contributed by atoms with E-state index in [4.69, 9.17) is 0 Å². The van der Waals surface area contributed by atoms with Crippen molar-refractivity contribution in [2.24, 2.45) is 5.92 Å². The van der Waals surface area contributed by atoms with Crippen LogP contribution in [0.25, 0.3) is 0 Å². The molecule has 8 heteroatoms. The van der Waals surface area contributed by atoms with E-state index in [9.17, 15) is 19.2 Å². The van der Waals surface area contributed by atoms with E-state index in [2.05, 4.69) is 35.1 Å². The molecule has 4 N–H and O–H groups in total. The molecule has 0 radical (unpaired) electrons. The van der Waals surface area contributed by atoms with Gasteiger partial charge in [0.15, 0.2) is 0 Å². The highest BCUT2D eigenvalue weighted by Crippen LogP contribution is 2.25. The minimum Gasteiger partial charge on any atom is -0.356 e. The Labute approximate surface area is 332 Å². The molecule has 4 atom stereocenters. The quantitative estimate of drug-likeness (QED) is 0.0499. The summed E-state index contributed by atoms with van der Waals surface area (Å²) in [6.07, 6.45) is 39.9. The molecule has 2 fully saturated rings. The molecule has 0 saturated carbocycles. The monoisotopic (exact) mass is 759 g/mol. The maximum atomic E-state index is 13.3. The molecule has 0 aromatic rings. The Bertz CT molecular complexity index is 974. The van der Waals surface area contributed by atoms with Gasteiger partial charge in [0.2, 0.25) is 23.6 Å². The number of hydrogen-bond acceptors (Lipinski definition) is 4. The normalized spacial score (nSPS) is 20.5. The zero-order chi connectivity index (χ0) is 38.9. The van der Waals surface area contributed by atoms with Gasteiger partial charge in [0.25, 0.3) is 0 Å². The number of rotatable bonds is 33. The molecule has 2 unspecified atom stereocenters. The van der Waals surface area contributed by atoms with Gasteiger partial charge in [0.1, 0.15) is 0 Å². The number of nitrogens with one attached hydrogen (secondary N) is 4. The lowest BCUT2D eigenvalue weighted by Crippen LogP contribution is -2.54. The fourth-order valence-corrected chi connectivity index (χ4v) is 8.61. The number of hydrogen-bond donors (Lipinski definition) is 4. The average molecular weight is 759 g/mol. The lowest BCUT2D eigenvalue weighted by Gasteiger charge is -2.31. The van der Waals surface area contributed by atoms with Gasteiger partial charge in [0.05, 0.1) is 5.92 Å². The Morgan fingerprint density at radius 3 is 1.39 bits per heavy atom. The van der Waals surface area contributed by atoms with Gasteiger partial charge in [-0.25, -0.2) is 0 Å². The Kier molecular flexibility index (Phi) is 29.4. The standard InChI is InChI=1S/C46H86N4O4/c1-3-5-7-9-11-13-15-17-18-20-22-23-25-27-29-33-42(51)48-39-35-36-41(50-44(53)38-39)45-40(32-31-37-47-46(45)54)49-43(52)34-30-28-26-24-21-19-16-14-12-10-8-6-4-2/h39-41,45H,3-38H2,1-2H3,(H,47,54)(H,48,51)(H,49,52)(H,50,53)/t39?,40-,41+,45?/m0/s1. The topological polar surface area (TPSA) is 116 Å². The molecule has 0 spiro atoms. The highest BCUT2D eigenvalue weighted by Gasteiger charge is 2.40. The third kappa shape index (κ3) is 24.4. The van der Waals surface area contributed by atoms with Gasteiger partial charge in [-0.2, -0.15) is 0 Å². The van der Waals surface area contributed by atoms with Crippen LogP contribution in [0.1, 0.15) is 239 Å². The fraction of sp³-hybridized carbons (Fsp3) is 0.913. The Hall–Kier alpha value is -2.12. The Morgan fingerprint density at radius 2 is 0.944 bits per heavy atom. The van der Waals surface area contributed by atoms with Crippen molar-refractivity contribution in [3.8, 4) is 0 Å². The molecule has 2 rings (SSSR count). The van der Waals surface area contributed by atoms with E-state index in [-0.39, 0.29) is 48.2 Å². The van der Waals surface area contributed by atoms with Gasteiger partial charge in [-0.3, -0.25) is 19.2 Å². The largest absolute Gasteiger partial charge is 0.356 e. The van der Waals surface area contributed by atoms with Crippen molar-refractivity contribution in [1.82, 2.24) is 21.3 Å². The van der Waals surface area contributed by atoms with Crippen LogP contribution in [0.15, 0.2) is 0 Å². The second kappa shape index (κ2) is 33.1. The summed E-state index contributed by atoms with van der Waals surface area (Å²) in [5.41, 5.74) is 0. The molecule has 8 nitrogen and oxygen atoms in total. The van der Waals surface area contributed by atoms with Crippen LogP contribution in [0.3, 0.4) is 0 Å². The van der Waals surface area contributed by atoms with Crippen LogP contribution in [-0.4, -0.2) is 48.3 Å². The molecule has 2 heterocycles. The summed E-state index contributed by atoms with van der Waals surface area (Å²) < 4.78 is 0. The van der Waals surface area contributed by atoms with Crippen molar-refractivity contribution in [3.05, 3.63) is 0 Å². The summed E-state index contributed by atoms with van der Waals surface area (Å²) in [6.45, 7) is 5.12. The van der Waals surface area contributed by atoms with E-state index >= 15 is 0 Å². The van der Waals surface area contributed by atoms with E-state index < -0.39 is 5.92 Å². The van der Waals surface area contributed by atoms with Crippen LogP contribution in [0.4, 0.5) is 0 Å². The third-order valence-corrected chi connectivity index (χ3v) is 12.0. The maximum Gasteiger partial charge on any atom is 0.227 e. The number of amides is 4. The van der Waals surface area contributed by atoms with Crippen molar-refractivity contribution in [1.29, 1.82) is 0 Å². The Morgan fingerprint density at radius 1 is 0.537 bits per heavy atom. The minimum absolute atomic E-state index is 0.00617. The van der Waals surface area contributed by atoms with Crippen molar-refractivity contribution in [2.75, 3.05) is 6.54 Å². The van der Waals surface area contributed by atoms with Crippen LogP contribution >= 0.6 is 0 Å². The summed E-state index contributed by atoms with van der Waals surface area (Å²) in [5, 5.41) is 12.4. The predicted octanol–water partition coefficient (Wildman–Crippen LogP) is 10.9. The number of carbonyl (C=O) groups excluding carboxylic acids is 4. The smallest absolute Gasteiger partial charge is 0.227 e. The molecule has 314 valence electrons.